The standard InChI is InChI=1S/C19H27N3O4/c1-13-7-6-8-14(17(25)22-11-4-5-12-22)16(13)20-18(26)21-19(2,3)10-9-15(23)24/h6-8H,4-5,9-12H2,1-3H3,(H,23,24)(H2,20,21,26). The number of carboxylic acid groups (broad SMARTS) is 1. The van der Waals surface area contributed by atoms with Crippen molar-refractivity contribution in [2.45, 2.75) is 52.0 Å². The van der Waals surface area contributed by atoms with E-state index in [1.165, 1.54) is 0 Å². The van der Waals surface area contributed by atoms with Crippen LogP contribution in [-0.4, -0.2) is 46.5 Å². The molecule has 26 heavy (non-hydrogen) atoms. The van der Waals surface area contributed by atoms with E-state index >= 15 is 0 Å². The largest absolute Gasteiger partial charge is 0.481 e. The summed E-state index contributed by atoms with van der Waals surface area (Å²) in [5, 5.41) is 14.4. The normalized spacial score (nSPS) is 14.2. The van der Waals surface area contributed by atoms with Gasteiger partial charge in [0.25, 0.3) is 5.91 Å². The Morgan fingerprint density at radius 3 is 2.46 bits per heavy atom. The van der Waals surface area contributed by atoms with Crippen molar-refractivity contribution in [1.29, 1.82) is 0 Å². The molecule has 0 bridgehead atoms. The van der Waals surface area contributed by atoms with Gasteiger partial charge in [-0.1, -0.05) is 12.1 Å². The predicted octanol–water partition coefficient (Wildman–Crippen LogP) is 3.00. The molecule has 1 aromatic carbocycles. The summed E-state index contributed by atoms with van der Waals surface area (Å²) in [7, 11) is 0. The van der Waals surface area contributed by atoms with Crippen molar-refractivity contribution in [3.8, 4) is 0 Å². The van der Waals surface area contributed by atoms with E-state index in [9.17, 15) is 14.4 Å². The van der Waals surface area contributed by atoms with Crippen molar-refractivity contribution in [2.24, 2.45) is 0 Å². The van der Waals surface area contributed by atoms with Crippen LogP contribution in [0.1, 0.15) is 55.5 Å². The number of rotatable bonds is 6. The van der Waals surface area contributed by atoms with Crippen LogP contribution in [-0.2, 0) is 4.79 Å². The molecule has 2 rings (SSSR count). The van der Waals surface area contributed by atoms with E-state index in [-0.39, 0.29) is 12.3 Å². The number of aryl methyl sites for hydroxylation is 1. The third-order valence-corrected chi connectivity index (χ3v) is 4.55. The lowest BCUT2D eigenvalue weighted by Crippen LogP contribution is -2.46. The topological polar surface area (TPSA) is 98.7 Å². The van der Waals surface area contributed by atoms with Crippen LogP contribution in [0.3, 0.4) is 0 Å². The summed E-state index contributed by atoms with van der Waals surface area (Å²) in [6.07, 6.45) is 2.27. The fraction of sp³-hybridized carbons (Fsp3) is 0.526. The Hall–Kier alpha value is -2.57. The van der Waals surface area contributed by atoms with Gasteiger partial charge in [0.1, 0.15) is 0 Å². The Bertz CT molecular complexity index is 694. The number of carbonyl (C=O) groups is 3. The van der Waals surface area contributed by atoms with E-state index in [0.717, 1.165) is 31.5 Å². The van der Waals surface area contributed by atoms with Gasteiger partial charge in [-0.2, -0.15) is 0 Å². The highest BCUT2D eigenvalue weighted by atomic mass is 16.4. The summed E-state index contributed by atoms with van der Waals surface area (Å²) in [4.78, 5) is 37.7. The van der Waals surface area contributed by atoms with E-state index in [2.05, 4.69) is 10.6 Å². The van der Waals surface area contributed by atoms with Crippen molar-refractivity contribution in [3.63, 3.8) is 0 Å². The van der Waals surface area contributed by atoms with Gasteiger partial charge in [-0.25, -0.2) is 4.79 Å². The highest BCUT2D eigenvalue weighted by Gasteiger charge is 2.25. The summed E-state index contributed by atoms with van der Waals surface area (Å²) in [6, 6.07) is 4.91. The minimum atomic E-state index is -0.905. The zero-order valence-electron chi connectivity index (χ0n) is 15.6. The first-order chi connectivity index (χ1) is 12.2. The van der Waals surface area contributed by atoms with Crippen molar-refractivity contribution in [3.05, 3.63) is 29.3 Å². The average molecular weight is 361 g/mol. The Kier molecular flexibility index (Phi) is 6.23. The third kappa shape index (κ3) is 5.21. The molecule has 0 aliphatic carbocycles. The first kappa shape index (κ1) is 19.8. The lowest BCUT2D eigenvalue weighted by Gasteiger charge is -2.26. The number of hydrogen-bond donors (Lipinski definition) is 3. The zero-order valence-corrected chi connectivity index (χ0v) is 15.6. The number of para-hydroxylation sites is 1. The Morgan fingerprint density at radius 1 is 1.19 bits per heavy atom. The molecule has 1 aliphatic rings. The lowest BCUT2D eigenvalue weighted by atomic mass is 9.99. The first-order valence-corrected chi connectivity index (χ1v) is 8.89. The van der Waals surface area contributed by atoms with Gasteiger partial charge >= 0.3 is 12.0 Å². The molecule has 1 aromatic rings. The SMILES string of the molecule is Cc1cccc(C(=O)N2CCCC2)c1NC(=O)NC(C)(C)CCC(=O)O. The van der Waals surface area contributed by atoms with Crippen LogP contribution in [0.4, 0.5) is 10.5 Å². The van der Waals surface area contributed by atoms with Gasteiger partial charge in [-0.05, 0) is 51.7 Å². The molecule has 3 N–H and O–H groups in total. The number of aliphatic carboxylic acids is 1. The van der Waals surface area contributed by atoms with Crippen molar-refractivity contribution < 1.29 is 19.5 Å². The number of carbonyl (C=O) groups excluding carboxylic acids is 2. The zero-order chi connectivity index (χ0) is 19.3. The maximum absolute atomic E-state index is 12.8. The number of anilines is 1. The van der Waals surface area contributed by atoms with Crippen molar-refractivity contribution >= 4 is 23.6 Å². The van der Waals surface area contributed by atoms with Gasteiger partial charge < -0.3 is 20.6 Å². The van der Waals surface area contributed by atoms with E-state index in [0.29, 0.717) is 17.7 Å². The fourth-order valence-electron chi connectivity index (χ4n) is 3.04. The molecule has 0 spiro atoms. The maximum Gasteiger partial charge on any atom is 0.319 e. The first-order valence-electron chi connectivity index (χ1n) is 8.89. The molecule has 0 unspecified atom stereocenters. The molecule has 0 atom stereocenters. The minimum absolute atomic E-state index is 0.0314. The van der Waals surface area contributed by atoms with Crippen LogP contribution < -0.4 is 10.6 Å². The number of benzene rings is 1. The minimum Gasteiger partial charge on any atom is -0.481 e. The second-order valence-electron chi connectivity index (χ2n) is 7.35. The van der Waals surface area contributed by atoms with Gasteiger partial charge in [-0.15, -0.1) is 0 Å². The molecule has 0 saturated carbocycles. The summed E-state index contributed by atoms with van der Waals surface area (Å²) >= 11 is 0. The molecule has 0 aromatic heterocycles. The summed E-state index contributed by atoms with van der Waals surface area (Å²) in [5.74, 6) is -0.982. The second-order valence-corrected chi connectivity index (χ2v) is 7.35. The predicted molar refractivity (Wildman–Crippen MR) is 99.4 cm³/mol. The van der Waals surface area contributed by atoms with Gasteiger partial charge in [0, 0.05) is 25.0 Å². The molecule has 3 amide bonds. The van der Waals surface area contributed by atoms with Crippen LogP contribution in [0.5, 0.6) is 0 Å². The second kappa shape index (κ2) is 8.21. The Labute approximate surface area is 153 Å². The van der Waals surface area contributed by atoms with Crippen molar-refractivity contribution in [1.82, 2.24) is 10.2 Å². The number of amides is 3. The number of likely N-dealkylation sites (tertiary alicyclic amines) is 1. The van der Waals surface area contributed by atoms with Crippen LogP contribution in [0.25, 0.3) is 0 Å². The van der Waals surface area contributed by atoms with E-state index in [4.69, 9.17) is 5.11 Å². The lowest BCUT2D eigenvalue weighted by molar-refractivity contribution is -0.137. The van der Waals surface area contributed by atoms with Gasteiger partial charge in [0.2, 0.25) is 0 Å². The molecule has 142 valence electrons. The Balaban J connectivity index is 2.11. The smallest absolute Gasteiger partial charge is 0.319 e. The molecule has 1 saturated heterocycles. The molecule has 7 heteroatoms. The summed E-state index contributed by atoms with van der Waals surface area (Å²) in [5.41, 5.74) is 1.10. The number of carboxylic acids is 1. The van der Waals surface area contributed by atoms with Gasteiger partial charge in [-0.3, -0.25) is 9.59 Å². The molecular weight excluding hydrogens is 334 g/mol. The monoisotopic (exact) mass is 361 g/mol. The third-order valence-electron chi connectivity index (χ3n) is 4.55. The Morgan fingerprint density at radius 2 is 1.85 bits per heavy atom. The van der Waals surface area contributed by atoms with Crippen LogP contribution in [0.2, 0.25) is 0 Å². The molecule has 1 fully saturated rings. The van der Waals surface area contributed by atoms with Crippen LogP contribution in [0, 0.1) is 6.92 Å². The highest BCUT2D eigenvalue weighted by molar-refractivity contribution is 6.04. The number of urea groups is 1. The molecule has 1 aliphatic heterocycles. The van der Waals surface area contributed by atoms with Crippen molar-refractivity contribution in [2.75, 3.05) is 18.4 Å². The summed E-state index contributed by atoms with van der Waals surface area (Å²) < 4.78 is 0. The number of nitrogens with one attached hydrogen (secondary N) is 2. The van der Waals surface area contributed by atoms with E-state index < -0.39 is 17.5 Å². The van der Waals surface area contributed by atoms with Gasteiger partial charge in [0.15, 0.2) is 0 Å². The highest BCUT2D eigenvalue weighted by Crippen LogP contribution is 2.24. The average Bonchev–Trinajstić information content (AvgIpc) is 3.08. The number of nitrogens with zero attached hydrogens (tertiary/aromatic N) is 1. The molecule has 1 heterocycles. The fourth-order valence-corrected chi connectivity index (χ4v) is 3.04. The number of hydrogen-bond acceptors (Lipinski definition) is 3. The molecular formula is C19H27N3O4. The van der Waals surface area contributed by atoms with Crippen LogP contribution >= 0.6 is 0 Å². The molecule has 0 radical (unpaired) electrons. The summed E-state index contributed by atoms with van der Waals surface area (Å²) in [6.45, 7) is 6.85. The maximum atomic E-state index is 12.8. The van der Waals surface area contributed by atoms with E-state index in [1.54, 1.807) is 30.9 Å². The van der Waals surface area contributed by atoms with Crippen LogP contribution in [0.15, 0.2) is 18.2 Å². The quantitative estimate of drug-likeness (QED) is 0.725. The van der Waals surface area contributed by atoms with Gasteiger partial charge in [0.05, 0.1) is 11.3 Å². The molecule has 7 nitrogen and oxygen atoms in total. The van der Waals surface area contributed by atoms with E-state index in [1.807, 2.05) is 13.0 Å².